The van der Waals surface area contributed by atoms with Crippen LogP contribution in [0.1, 0.15) is 45.7 Å². The largest absolute Gasteiger partial charge is 0.462 e. The zero-order chi connectivity index (χ0) is 19.7. The number of carbonyl (C=O) groups excluding carboxylic acids is 2. The predicted molar refractivity (Wildman–Crippen MR) is 97.7 cm³/mol. The van der Waals surface area contributed by atoms with Crippen LogP contribution in [0.2, 0.25) is 5.15 Å². The van der Waals surface area contributed by atoms with Gasteiger partial charge in [-0.15, -0.1) is 0 Å². The van der Waals surface area contributed by atoms with Crippen molar-refractivity contribution in [3.8, 4) is 0 Å². The van der Waals surface area contributed by atoms with E-state index in [1.165, 1.54) is 18.5 Å². The van der Waals surface area contributed by atoms with Gasteiger partial charge in [-0.2, -0.15) is 0 Å². The number of H-pyrrole nitrogens is 1. The summed E-state index contributed by atoms with van der Waals surface area (Å²) < 4.78 is 9.56. The van der Waals surface area contributed by atoms with Crippen LogP contribution in [0.5, 0.6) is 0 Å². The van der Waals surface area contributed by atoms with Gasteiger partial charge in [-0.1, -0.05) is 11.6 Å². The van der Waals surface area contributed by atoms with E-state index < -0.39 is 5.97 Å². The van der Waals surface area contributed by atoms with Crippen molar-refractivity contribution in [1.82, 2.24) is 9.97 Å². The quantitative estimate of drug-likeness (QED) is 0.646. The Kier molecular flexibility index (Phi) is 8.51. The van der Waals surface area contributed by atoms with Crippen molar-refractivity contribution in [2.75, 3.05) is 13.2 Å². The molecule has 140 valence electrons. The van der Waals surface area contributed by atoms with Crippen LogP contribution in [0.4, 0.5) is 0 Å². The highest BCUT2D eigenvalue weighted by molar-refractivity contribution is 6.30. The Bertz CT molecular complexity index is 833. The van der Waals surface area contributed by atoms with Gasteiger partial charge in [-0.05, 0) is 45.4 Å². The maximum Gasteiger partial charge on any atom is 0.339 e. The number of hydrogen-bond acceptors (Lipinski definition) is 6. The monoisotopic (exact) mass is 380 g/mol. The van der Waals surface area contributed by atoms with Gasteiger partial charge in [-0.3, -0.25) is 4.79 Å². The van der Waals surface area contributed by atoms with Crippen molar-refractivity contribution in [2.24, 2.45) is 0 Å². The zero-order valence-electron chi connectivity index (χ0n) is 15.1. The Morgan fingerprint density at radius 2 is 1.58 bits per heavy atom. The number of halogens is 1. The number of hydrogen-bond donors (Lipinski definition) is 1. The van der Waals surface area contributed by atoms with E-state index in [2.05, 4.69) is 9.97 Å². The van der Waals surface area contributed by atoms with E-state index in [1.807, 2.05) is 0 Å². The molecule has 0 aliphatic heterocycles. The highest BCUT2D eigenvalue weighted by atomic mass is 35.5. The number of carbonyl (C=O) groups is 2. The normalized spacial score (nSPS) is 9.73. The first-order chi connectivity index (χ1) is 12.3. The summed E-state index contributed by atoms with van der Waals surface area (Å²) in [6, 6.07) is 3.17. The molecule has 8 heteroatoms. The average molecular weight is 381 g/mol. The van der Waals surface area contributed by atoms with Crippen LogP contribution in [0.25, 0.3) is 0 Å². The number of aromatic amines is 1. The summed E-state index contributed by atoms with van der Waals surface area (Å²) in [6.07, 6.45) is 2.76. The minimum Gasteiger partial charge on any atom is -0.462 e. The molecular formula is C18H21ClN2O5. The maximum absolute atomic E-state index is 11.2. The number of ether oxygens (including phenoxy) is 2. The maximum atomic E-state index is 11.2. The Morgan fingerprint density at radius 1 is 1.04 bits per heavy atom. The van der Waals surface area contributed by atoms with Crippen LogP contribution in [0.15, 0.2) is 29.3 Å². The average Bonchev–Trinajstić information content (AvgIpc) is 2.60. The van der Waals surface area contributed by atoms with E-state index in [1.54, 1.807) is 33.8 Å². The topological polar surface area (TPSA) is 98.4 Å². The summed E-state index contributed by atoms with van der Waals surface area (Å²) in [6.45, 7) is 7.61. The van der Waals surface area contributed by atoms with Crippen molar-refractivity contribution in [3.63, 3.8) is 0 Å². The summed E-state index contributed by atoms with van der Waals surface area (Å²) in [4.78, 5) is 39.6. The van der Waals surface area contributed by atoms with Crippen LogP contribution >= 0.6 is 11.6 Å². The number of aryl methyl sites for hydroxylation is 2. The van der Waals surface area contributed by atoms with Gasteiger partial charge in [0.15, 0.2) is 0 Å². The van der Waals surface area contributed by atoms with E-state index in [-0.39, 0.29) is 11.5 Å². The lowest BCUT2D eigenvalue weighted by molar-refractivity contribution is 0.0516. The summed E-state index contributed by atoms with van der Waals surface area (Å²) in [5.41, 5.74) is 1.90. The highest BCUT2D eigenvalue weighted by Gasteiger charge is 2.08. The number of nitrogens with one attached hydrogen (secondary N) is 1. The molecule has 7 nitrogen and oxygen atoms in total. The summed E-state index contributed by atoms with van der Waals surface area (Å²) in [5.74, 6) is -0.781. The van der Waals surface area contributed by atoms with Crippen molar-refractivity contribution in [2.45, 2.75) is 27.7 Å². The Labute approximate surface area is 156 Å². The molecule has 0 aromatic carbocycles. The zero-order valence-corrected chi connectivity index (χ0v) is 15.8. The first-order valence-electron chi connectivity index (χ1n) is 7.95. The molecule has 0 radical (unpaired) electrons. The van der Waals surface area contributed by atoms with E-state index >= 15 is 0 Å². The molecule has 0 aliphatic rings. The van der Waals surface area contributed by atoms with Crippen LogP contribution in [0.3, 0.4) is 0 Å². The van der Waals surface area contributed by atoms with Gasteiger partial charge in [0.25, 0.3) is 5.56 Å². The summed E-state index contributed by atoms with van der Waals surface area (Å²) in [7, 11) is 0. The molecule has 0 fully saturated rings. The Morgan fingerprint density at radius 3 is 2.08 bits per heavy atom. The lowest BCUT2D eigenvalue weighted by atomic mass is 10.2. The molecule has 0 aliphatic carbocycles. The smallest absolute Gasteiger partial charge is 0.339 e. The molecule has 2 aromatic heterocycles. The SMILES string of the molecule is CCOC(=O)c1c[nH]c(=O)c(C)c1.CCOC(=O)c1cnc(Cl)c(C)c1. The second-order valence-electron chi connectivity index (χ2n) is 5.17. The molecule has 0 saturated carbocycles. The fourth-order valence-electron chi connectivity index (χ4n) is 1.81. The standard InChI is InChI=1S/C9H10ClNO2.C9H11NO3/c1-3-13-9(12)7-4-6(2)8(10)11-5-7;1-3-13-9(12)7-4-6(2)8(11)10-5-7/h4-5H,3H2,1-2H3;4-5H,3H2,1-2H3,(H,10,11). The second-order valence-corrected chi connectivity index (χ2v) is 5.53. The van der Waals surface area contributed by atoms with Crippen LogP contribution < -0.4 is 5.56 Å². The number of rotatable bonds is 4. The third-order valence-electron chi connectivity index (χ3n) is 3.13. The minimum atomic E-state index is -0.415. The van der Waals surface area contributed by atoms with E-state index in [0.29, 0.717) is 35.1 Å². The first kappa shape index (κ1) is 21.4. The molecule has 2 aromatic rings. The van der Waals surface area contributed by atoms with Gasteiger partial charge in [0.1, 0.15) is 5.15 Å². The third-order valence-corrected chi connectivity index (χ3v) is 3.52. The lowest BCUT2D eigenvalue weighted by Gasteiger charge is -2.02. The second kappa shape index (κ2) is 10.4. The van der Waals surface area contributed by atoms with Gasteiger partial charge in [-0.25, -0.2) is 14.6 Å². The van der Waals surface area contributed by atoms with Gasteiger partial charge in [0, 0.05) is 18.0 Å². The molecule has 0 spiro atoms. The highest BCUT2D eigenvalue weighted by Crippen LogP contribution is 2.13. The van der Waals surface area contributed by atoms with Crippen molar-refractivity contribution < 1.29 is 19.1 Å². The molecule has 0 unspecified atom stereocenters. The minimum absolute atomic E-state index is 0.187. The number of esters is 2. The van der Waals surface area contributed by atoms with Crippen LogP contribution in [-0.2, 0) is 9.47 Å². The number of aromatic nitrogens is 2. The van der Waals surface area contributed by atoms with Gasteiger partial charge in [0.05, 0.1) is 24.3 Å². The Balaban J connectivity index is 0.000000260. The van der Waals surface area contributed by atoms with Gasteiger partial charge in [0.2, 0.25) is 0 Å². The fourth-order valence-corrected chi connectivity index (χ4v) is 1.92. The predicted octanol–water partition coefficient (Wildman–Crippen LogP) is 3.08. The van der Waals surface area contributed by atoms with E-state index in [9.17, 15) is 14.4 Å². The first-order valence-corrected chi connectivity index (χ1v) is 8.33. The van der Waals surface area contributed by atoms with Crippen molar-refractivity contribution >= 4 is 23.5 Å². The molecule has 2 rings (SSSR count). The van der Waals surface area contributed by atoms with Gasteiger partial charge < -0.3 is 14.5 Å². The molecule has 0 amide bonds. The molecule has 0 saturated heterocycles. The molecule has 0 atom stereocenters. The van der Waals surface area contributed by atoms with Crippen molar-refractivity contribution in [3.05, 3.63) is 62.3 Å². The number of nitrogens with zero attached hydrogens (tertiary/aromatic N) is 1. The van der Waals surface area contributed by atoms with Gasteiger partial charge >= 0.3 is 11.9 Å². The molecule has 1 N–H and O–H groups in total. The molecule has 2 heterocycles. The third kappa shape index (κ3) is 6.33. The van der Waals surface area contributed by atoms with Crippen LogP contribution in [0, 0.1) is 13.8 Å². The number of pyridine rings is 2. The van der Waals surface area contributed by atoms with Crippen LogP contribution in [-0.4, -0.2) is 35.1 Å². The molecule has 26 heavy (non-hydrogen) atoms. The van der Waals surface area contributed by atoms with E-state index in [4.69, 9.17) is 21.1 Å². The molecular weight excluding hydrogens is 360 g/mol. The molecule has 0 bridgehead atoms. The van der Waals surface area contributed by atoms with Crippen molar-refractivity contribution in [1.29, 1.82) is 0 Å². The van der Waals surface area contributed by atoms with E-state index in [0.717, 1.165) is 5.56 Å². The summed E-state index contributed by atoms with van der Waals surface area (Å²) in [5, 5.41) is 0.410. The lowest BCUT2D eigenvalue weighted by Crippen LogP contribution is -2.13. The summed E-state index contributed by atoms with van der Waals surface area (Å²) >= 11 is 5.70. The Hall–Kier alpha value is -2.67. The fraction of sp³-hybridized carbons (Fsp3) is 0.333.